The van der Waals surface area contributed by atoms with Gasteiger partial charge in [-0.25, -0.2) is 0 Å². The van der Waals surface area contributed by atoms with Gasteiger partial charge in [0, 0.05) is 33.3 Å². The molecule has 0 saturated carbocycles. The van der Waals surface area contributed by atoms with Crippen molar-refractivity contribution in [2.45, 2.75) is 19.4 Å². The summed E-state index contributed by atoms with van der Waals surface area (Å²) < 4.78 is 1.12. The summed E-state index contributed by atoms with van der Waals surface area (Å²) in [6, 6.07) is 2.38. The van der Waals surface area contributed by atoms with Crippen LogP contribution in [0, 0.1) is 5.92 Å². The van der Waals surface area contributed by atoms with Gasteiger partial charge in [-0.3, -0.25) is 0 Å². The number of aliphatic hydroxyl groups is 1. The van der Waals surface area contributed by atoms with Crippen molar-refractivity contribution in [3.63, 3.8) is 0 Å². The second-order valence-electron chi connectivity index (χ2n) is 3.28. The molecule has 2 nitrogen and oxygen atoms in total. The lowest BCUT2D eigenvalue weighted by atomic mass is 9.97. The van der Waals surface area contributed by atoms with Crippen molar-refractivity contribution in [1.29, 1.82) is 0 Å². The third kappa shape index (κ3) is 2.79. The minimum absolute atomic E-state index is 0.234. The molecule has 2 atom stereocenters. The van der Waals surface area contributed by atoms with E-state index in [9.17, 15) is 5.11 Å². The van der Waals surface area contributed by atoms with Crippen LogP contribution in [-0.2, 0) is 0 Å². The summed E-state index contributed by atoms with van der Waals surface area (Å²) in [5.74, 6) is 0.297. The number of nitrogens with one attached hydrogen (secondary N) is 1. The van der Waals surface area contributed by atoms with Gasteiger partial charge in [-0.1, -0.05) is 6.92 Å². The quantitative estimate of drug-likeness (QED) is 0.868. The number of aliphatic hydroxyl groups excluding tert-OH is 1. The Hall–Kier alpha value is 0.1000. The maximum absolute atomic E-state index is 9.25. The minimum Gasteiger partial charge on any atom is -0.396 e. The molecule has 1 aromatic rings. The van der Waals surface area contributed by atoms with E-state index >= 15 is 0 Å². The number of halogens is 1. The standard InChI is InChI=1S/C10H16BrNOS/c1-3-7(5-13)10(12-2)9-4-8(11)6-14-9/h4,6-7,10,12-13H,3,5H2,1-2H3. The van der Waals surface area contributed by atoms with E-state index in [2.05, 4.69) is 39.6 Å². The molecule has 1 heterocycles. The van der Waals surface area contributed by atoms with Crippen LogP contribution in [0.25, 0.3) is 0 Å². The molecule has 14 heavy (non-hydrogen) atoms. The third-order valence-corrected chi connectivity index (χ3v) is 4.21. The van der Waals surface area contributed by atoms with Crippen LogP contribution in [0.5, 0.6) is 0 Å². The zero-order valence-electron chi connectivity index (χ0n) is 8.46. The smallest absolute Gasteiger partial charge is 0.0477 e. The Labute approximate surface area is 97.5 Å². The zero-order chi connectivity index (χ0) is 10.6. The molecular weight excluding hydrogens is 262 g/mol. The lowest BCUT2D eigenvalue weighted by Gasteiger charge is -2.22. The van der Waals surface area contributed by atoms with E-state index in [0.717, 1.165) is 10.9 Å². The van der Waals surface area contributed by atoms with Gasteiger partial charge in [-0.05, 0) is 35.5 Å². The molecule has 4 heteroatoms. The van der Waals surface area contributed by atoms with Crippen LogP contribution in [0.1, 0.15) is 24.3 Å². The highest BCUT2D eigenvalue weighted by Gasteiger charge is 2.20. The monoisotopic (exact) mass is 277 g/mol. The first-order valence-electron chi connectivity index (χ1n) is 4.75. The fourth-order valence-corrected chi connectivity index (χ4v) is 3.22. The molecule has 0 fully saturated rings. The Morgan fingerprint density at radius 1 is 1.64 bits per heavy atom. The molecular formula is C10H16BrNOS. The van der Waals surface area contributed by atoms with Gasteiger partial charge in [0.05, 0.1) is 0 Å². The molecule has 1 aromatic heterocycles. The van der Waals surface area contributed by atoms with Crippen LogP contribution in [-0.4, -0.2) is 18.8 Å². The summed E-state index contributed by atoms with van der Waals surface area (Å²) in [5.41, 5.74) is 0. The molecule has 0 aromatic carbocycles. The molecule has 0 aliphatic carbocycles. The SMILES string of the molecule is CCC(CO)C(NC)c1cc(Br)cs1. The van der Waals surface area contributed by atoms with Gasteiger partial charge in [0.15, 0.2) is 0 Å². The van der Waals surface area contributed by atoms with Gasteiger partial charge in [-0.15, -0.1) is 11.3 Å². The van der Waals surface area contributed by atoms with Gasteiger partial charge < -0.3 is 10.4 Å². The lowest BCUT2D eigenvalue weighted by Crippen LogP contribution is -2.26. The second-order valence-corrected chi connectivity index (χ2v) is 5.14. The van der Waals surface area contributed by atoms with E-state index in [1.165, 1.54) is 4.88 Å². The van der Waals surface area contributed by atoms with Crippen LogP contribution in [0.4, 0.5) is 0 Å². The largest absolute Gasteiger partial charge is 0.396 e. The van der Waals surface area contributed by atoms with Crippen molar-refractivity contribution in [1.82, 2.24) is 5.32 Å². The van der Waals surface area contributed by atoms with Crippen molar-refractivity contribution in [3.05, 3.63) is 20.8 Å². The molecule has 0 aliphatic heterocycles. The molecule has 80 valence electrons. The van der Waals surface area contributed by atoms with Crippen LogP contribution in [0.15, 0.2) is 15.9 Å². The first-order chi connectivity index (χ1) is 6.72. The summed E-state index contributed by atoms with van der Waals surface area (Å²) in [6.45, 7) is 2.34. The number of hydrogen-bond acceptors (Lipinski definition) is 3. The summed E-state index contributed by atoms with van der Waals surface area (Å²) in [5, 5.41) is 14.6. The van der Waals surface area contributed by atoms with Crippen LogP contribution in [0.2, 0.25) is 0 Å². The summed E-state index contributed by atoms with van der Waals surface area (Å²) >= 11 is 5.16. The fraction of sp³-hybridized carbons (Fsp3) is 0.600. The van der Waals surface area contributed by atoms with Crippen molar-refractivity contribution in [3.8, 4) is 0 Å². The molecule has 0 amide bonds. The van der Waals surface area contributed by atoms with E-state index in [-0.39, 0.29) is 12.6 Å². The van der Waals surface area contributed by atoms with Crippen molar-refractivity contribution in [2.75, 3.05) is 13.7 Å². The molecule has 0 bridgehead atoms. The van der Waals surface area contributed by atoms with Crippen LogP contribution >= 0.6 is 27.3 Å². The van der Waals surface area contributed by atoms with Crippen molar-refractivity contribution in [2.24, 2.45) is 5.92 Å². The molecule has 0 saturated heterocycles. The maximum atomic E-state index is 9.25. The Morgan fingerprint density at radius 3 is 2.71 bits per heavy atom. The summed E-state index contributed by atoms with van der Waals surface area (Å²) in [6.07, 6.45) is 0.984. The lowest BCUT2D eigenvalue weighted by molar-refractivity contribution is 0.190. The van der Waals surface area contributed by atoms with E-state index < -0.39 is 0 Å². The van der Waals surface area contributed by atoms with Crippen molar-refractivity contribution >= 4 is 27.3 Å². The molecule has 0 aliphatic rings. The topological polar surface area (TPSA) is 32.3 Å². The van der Waals surface area contributed by atoms with E-state index in [4.69, 9.17) is 0 Å². The Bertz CT molecular complexity index is 273. The molecule has 2 unspecified atom stereocenters. The summed E-state index contributed by atoms with van der Waals surface area (Å²) in [7, 11) is 1.94. The molecule has 0 radical (unpaired) electrons. The highest BCUT2D eigenvalue weighted by Crippen LogP contribution is 2.31. The van der Waals surface area contributed by atoms with E-state index in [1.54, 1.807) is 11.3 Å². The number of rotatable bonds is 5. The van der Waals surface area contributed by atoms with Gasteiger partial charge in [-0.2, -0.15) is 0 Å². The second kappa shape index (κ2) is 5.85. The summed E-state index contributed by atoms with van der Waals surface area (Å²) in [4.78, 5) is 1.28. The van der Waals surface area contributed by atoms with Crippen LogP contribution < -0.4 is 5.32 Å². The molecule has 0 spiro atoms. The Balaban J connectivity index is 2.80. The van der Waals surface area contributed by atoms with Gasteiger partial charge in [0.2, 0.25) is 0 Å². The Kier molecular flexibility index (Phi) is 5.09. The van der Waals surface area contributed by atoms with Gasteiger partial charge >= 0.3 is 0 Å². The number of thiophene rings is 1. The first-order valence-corrected chi connectivity index (χ1v) is 6.42. The average Bonchev–Trinajstić information content (AvgIpc) is 2.60. The highest BCUT2D eigenvalue weighted by atomic mass is 79.9. The molecule has 1 rings (SSSR count). The van der Waals surface area contributed by atoms with Crippen molar-refractivity contribution < 1.29 is 5.11 Å². The first kappa shape index (κ1) is 12.2. The normalized spacial score (nSPS) is 15.4. The minimum atomic E-state index is 0.234. The fourth-order valence-electron chi connectivity index (χ4n) is 1.57. The Morgan fingerprint density at radius 2 is 2.36 bits per heavy atom. The zero-order valence-corrected chi connectivity index (χ0v) is 10.9. The predicted molar refractivity (Wildman–Crippen MR) is 64.7 cm³/mol. The van der Waals surface area contributed by atoms with Crippen LogP contribution in [0.3, 0.4) is 0 Å². The van der Waals surface area contributed by atoms with E-state index in [1.807, 2.05) is 7.05 Å². The molecule has 2 N–H and O–H groups in total. The predicted octanol–water partition coefficient (Wildman–Crippen LogP) is 2.79. The van der Waals surface area contributed by atoms with Gasteiger partial charge in [0.25, 0.3) is 0 Å². The van der Waals surface area contributed by atoms with E-state index in [0.29, 0.717) is 5.92 Å². The average molecular weight is 278 g/mol. The maximum Gasteiger partial charge on any atom is 0.0477 e. The number of hydrogen-bond donors (Lipinski definition) is 2. The third-order valence-electron chi connectivity index (χ3n) is 2.44. The highest BCUT2D eigenvalue weighted by molar-refractivity contribution is 9.10. The van der Waals surface area contributed by atoms with Gasteiger partial charge in [0.1, 0.15) is 0 Å².